The van der Waals surface area contributed by atoms with E-state index in [4.69, 9.17) is 4.74 Å². The van der Waals surface area contributed by atoms with Crippen LogP contribution in [0.1, 0.15) is 68.1 Å². The highest BCUT2D eigenvalue weighted by Crippen LogP contribution is 2.18. The number of carbonyl (C=O) groups excluding carboxylic acids is 2. The third-order valence-electron chi connectivity index (χ3n) is 6.84. The van der Waals surface area contributed by atoms with Crippen molar-refractivity contribution in [2.24, 2.45) is 0 Å². The molecule has 0 spiro atoms. The van der Waals surface area contributed by atoms with Gasteiger partial charge in [-0.05, 0) is 62.6 Å². The normalized spacial score (nSPS) is 14.3. The lowest BCUT2D eigenvalue weighted by molar-refractivity contribution is 0.0584. The molecule has 0 bridgehead atoms. The average molecular weight is 514 g/mol. The van der Waals surface area contributed by atoms with Crippen LogP contribution in [0.25, 0.3) is 0 Å². The summed E-state index contributed by atoms with van der Waals surface area (Å²) in [7, 11) is 1.72. The van der Waals surface area contributed by atoms with Gasteiger partial charge in [0.2, 0.25) is 0 Å². The van der Waals surface area contributed by atoms with Crippen molar-refractivity contribution in [1.82, 2.24) is 9.80 Å². The summed E-state index contributed by atoms with van der Waals surface area (Å²) in [4.78, 5) is 28.5. The van der Waals surface area contributed by atoms with Gasteiger partial charge < -0.3 is 19.6 Å². The second-order valence-electron chi connectivity index (χ2n) is 9.81. The molecule has 2 amide bonds. The molecule has 8 heteroatoms. The number of hydrogen-bond acceptors (Lipinski definition) is 5. The monoisotopic (exact) mass is 513 g/mol. The van der Waals surface area contributed by atoms with Crippen molar-refractivity contribution in [3.63, 3.8) is 0 Å². The number of nitrogens with one attached hydrogen (secondary N) is 1. The van der Waals surface area contributed by atoms with Crippen LogP contribution in [0.5, 0.6) is 5.75 Å². The van der Waals surface area contributed by atoms with E-state index in [1.165, 1.54) is 37.8 Å². The first kappa shape index (κ1) is 28.4. The maximum atomic E-state index is 13.5. The van der Waals surface area contributed by atoms with Gasteiger partial charge in [0.1, 0.15) is 6.10 Å². The summed E-state index contributed by atoms with van der Waals surface area (Å²) in [6.45, 7) is 3.65. The van der Waals surface area contributed by atoms with Gasteiger partial charge in [0, 0.05) is 37.9 Å². The fourth-order valence-corrected chi connectivity index (χ4v) is 4.60. The SMILES string of the molecule is CN(CCCCCCCCCN1CCC(OC(=O)Nc2ccccc2)CC1)C(=O)c1ccc(O)c(F)c1. The van der Waals surface area contributed by atoms with Crippen LogP contribution < -0.4 is 5.32 Å². The molecule has 37 heavy (non-hydrogen) atoms. The summed E-state index contributed by atoms with van der Waals surface area (Å²) < 4.78 is 19.0. The molecule has 2 aromatic rings. The van der Waals surface area contributed by atoms with Crippen LogP contribution in [0.3, 0.4) is 0 Å². The highest BCUT2D eigenvalue weighted by atomic mass is 19.1. The summed E-state index contributed by atoms with van der Waals surface area (Å²) in [5.74, 6) is -1.45. The topological polar surface area (TPSA) is 82.1 Å². The highest BCUT2D eigenvalue weighted by Gasteiger charge is 2.22. The minimum Gasteiger partial charge on any atom is -0.505 e. The number of para-hydroxylation sites is 1. The number of ether oxygens (including phenoxy) is 1. The summed E-state index contributed by atoms with van der Waals surface area (Å²) >= 11 is 0. The number of phenolic OH excluding ortho intramolecular Hbond substituents is 1. The van der Waals surface area contributed by atoms with E-state index >= 15 is 0 Å². The third-order valence-corrected chi connectivity index (χ3v) is 6.84. The molecule has 1 aliphatic rings. The molecule has 0 aromatic heterocycles. The molecule has 1 fully saturated rings. The van der Waals surface area contributed by atoms with Crippen molar-refractivity contribution < 1.29 is 23.8 Å². The van der Waals surface area contributed by atoms with Crippen LogP contribution in [0, 0.1) is 5.82 Å². The van der Waals surface area contributed by atoms with Gasteiger partial charge in [-0.2, -0.15) is 0 Å². The summed E-state index contributed by atoms with van der Waals surface area (Å²) in [6.07, 6.45) is 9.27. The van der Waals surface area contributed by atoms with Crippen molar-refractivity contribution in [3.05, 3.63) is 59.9 Å². The van der Waals surface area contributed by atoms with Gasteiger partial charge in [-0.15, -0.1) is 0 Å². The molecule has 1 saturated heterocycles. The van der Waals surface area contributed by atoms with E-state index in [1.807, 2.05) is 30.3 Å². The molecule has 2 aromatic carbocycles. The molecule has 0 aliphatic carbocycles. The molecule has 202 valence electrons. The first-order valence-electron chi connectivity index (χ1n) is 13.4. The zero-order valence-electron chi connectivity index (χ0n) is 21.8. The summed E-state index contributed by atoms with van der Waals surface area (Å²) in [5, 5.41) is 12.0. The minimum absolute atomic E-state index is 0.0171. The highest BCUT2D eigenvalue weighted by molar-refractivity contribution is 5.94. The van der Waals surface area contributed by atoms with Crippen LogP contribution in [0.4, 0.5) is 14.9 Å². The number of hydrogen-bond donors (Lipinski definition) is 2. The van der Waals surface area contributed by atoms with Gasteiger partial charge in [0.25, 0.3) is 5.91 Å². The Labute approximate surface area is 219 Å². The van der Waals surface area contributed by atoms with E-state index in [0.29, 0.717) is 6.54 Å². The number of halogens is 1. The molecule has 0 unspecified atom stereocenters. The number of unbranched alkanes of at least 4 members (excludes halogenated alkanes) is 6. The van der Waals surface area contributed by atoms with Crippen molar-refractivity contribution in [3.8, 4) is 5.75 Å². The minimum atomic E-state index is -0.777. The van der Waals surface area contributed by atoms with Gasteiger partial charge in [0.05, 0.1) is 0 Å². The van der Waals surface area contributed by atoms with Crippen molar-refractivity contribution >= 4 is 17.7 Å². The van der Waals surface area contributed by atoms with Crippen molar-refractivity contribution in [2.45, 2.75) is 63.9 Å². The van der Waals surface area contributed by atoms with Crippen LogP contribution in [0.15, 0.2) is 48.5 Å². The number of benzene rings is 2. The lowest BCUT2D eigenvalue weighted by Gasteiger charge is -2.31. The van der Waals surface area contributed by atoms with Crippen molar-refractivity contribution in [1.29, 1.82) is 0 Å². The Morgan fingerprint density at radius 1 is 1.00 bits per heavy atom. The van der Waals surface area contributed by atoms with Crippen LogP contribution in [-0.2, 0) is 4.74 Å². The second kappa shape index (κ2) is 15.2. The molecule has 7 nitrogen and oxygen atoms in total. The number of phenols is 1. The van der Waals surface area contributed by atoms with E-state index in [-0.39, 0.29) is 23.7 Å². The Morgan fingerprint density at radius 3 is 2.32 bits per heavy atom. The molecule has 0 radical (unpaired) electrons. The lowest BCUT2D eigenvalue weighted by Crippen LogP contribution is -2.38. The van der Waals surface area contributed by atoms with E-state index < -0.39 is 11.6 Å². The first-order chi connectivity index (χ1) is 17.9. The van der Waals surface area contributed by atoms with Gasteiger partial charge in [-0.25, -0.2) is 9.18 Å². The molecule has 2 N–H and O–H groups in total. The molecule has 1 heterocycles. The molecule has 3 rings (SSSR count). The quantitative estimate of drug-likeness (QED) is 0.319. The maximum absolute atomic E-state index is 13.5. The van der Waals surface area contributed by atoms with Gasteiger partial charge in [-0.3, -0.25) is 10.1 Å². The maximum Gasteiger partial charge on any atom is 0.411 e. The van der Waals surface area contributed by atoms with E-state index in [9.17, 15) is 19.1 Å². The fourth-order valence-electron chi connectivity index (χ4n) is 4.60. The fraction of sp³-hybridized carbons (Fsp3) is 0.517. The van der Waals surface area contributed by atoms with Crippen LogP contribution >= 0.6 is 0 Å². The Balaban J connectivity index is 1.15. The van der Waals surface area contributed by atoms with Gasteiger partial charge in [-0.1, -0.05) is 50.3 Å². The summed E-state index contributed by atoms with van der Waals surface area (Å²) in [5.41, 5.74) is 0.999. The molecular weight excluding hydrogens is 473 g/mol. The lowest BCUT2D eigenvalue weighted by atomic mass is 10.1. The predicted molar refractivity (Wildman–Crippen MR) is 143 cm³/mol. The number of likely N-dealkylation sites (tertiary alicyclic amines) is 1. The number of rotatable bonds is 13. The standard InChI is InChI=1S/C29H40FN3O4/c1-32(28(35)23-14-15-27(34)26(30)22-23)18-10-5-3-2-4-6-11-19-33-20-16-25(17-21-33)37-29(36)31-24-12-8-7-9-13-24/h7-9,12-15,22,25,34H,2-6,10-11,16-21H2,1H3,(H,31,36). The van der Waals surface area contributed by atoms with Crippen molar-refractivity contribution in [2.75, 3.05) is 38.5 Å². The third kappa shape index (κ3) is 10.0. The zero-order chi connectivity index (χ0) is 26.5. The largest absolute Gasteiger partial charge is 0.505 e. The smallest absolute Gasteiger partial charge is 0.411 e. The number of anilines is 1. The van der Waals surface area contributed by atoms with E-state index in [1.54, 1.807) is 11.9 Å². The van der Waals surface area contributed by atoms with Gasteiger partial charge in [0.15, 0.2) is 11.6 Å². The Hall–Kier alpha value is -3.13. The van der Waals surface area contributed by atoms with Crippen LogP contribution in [0.2, 0.25) is 0 Å². The number of aromatic hydroxyl groups is 1. The molecular formula is C29H40FN3O4. The number of carbonyl (C=O) groups is 2. The predicted octanol–water partition coefficient (Wildman–Crippen LogP) is 6.05. The van der Waals surface area contributed by atoms with Crippen LogP contribution in [-0.4, -0.2) is 66.2 Å². The second-order valence-corrected chi connectivity index (χ2v) is 9.81. The Bertz CT molecular complexity index is 980. The Kier molecular flexibility index (Phi) is 11.7. The van der Waals surface area contributed by atoms with E-state index in [2.05, 4.69) is 10.2 Å². The first-order valence-corrected chi connectivity index (χ1v) is 13.4. The molecule has 1 aliphatic heterocycles. The molecule has 0 saturated carbocycles. The molecule has 0 atom stereocenters. The average Bonchev–Trinajstić information content (AvgIpc) is 2.90. The summed E-state index contributed by atoms with van der Waals surface area (Å²) in [6, 6.07) is 13.1. The van der Waals surface area contributed by atoms with Gasteiger partial charge >= 0.3 is 6.09 Å². The number of piperidine rings is 1. The Morgan fingerprint density at radius 2 is 1.65 bits per heavy atom. The zero-order valence-corrected chi connectivity index (χ0v) is 21.8. The van der Waals surface area contributed by atoms with E-state index in [0.717, 1.165) is 63.5 Å². The number of nitrogens with zero attached hydrogens (tertiary/aromatic N) is 2. The number of amides is 2.